The summed E-state index contributed by atoms with van der Waals surface area (Å²) in [4.78, 5) is 53.4. The smallest absolute Gasteiger partial charge is 0.325 e. The molecule has 2 heterocycles. The van der Waals surface area contributed by atoms with E-state index < -0.39 is 46.1 Å². The third-order valence-electron chi connectivity index (χ3n) is 8.13. The van der Waals surface area contributed by atoms with Gasteiger partial charge in [-0.2, -0.15) is 0 Å². The third kappa shape index (κ3) is 4.12. The van der Waals surface area contributed by atoms with Gasteiger partial charge in [-0.3, -0.25) is 29.8 Å². The lowest BCUT2D eigenvalue weighted by molar-refractivity contribution is -0.384. The number of benzene rings is 3. The molecule has 10 heteroatoms. The summed E-state index contributed by atoms with van der Waals surface area (Å²) in [5, 5.41) is 35.6. The van der Waals surface area contributed by atoms with Gasteiger partial charge in [0.1, 0.15) is 11.3 Å². The summed E-state index contributed by atoms with van der Waals surface area (Å²) in [6, 6.07) is 16.4. The summed E-state index contributed by atoms with van der Waals surface area (Å²) in [5.41, 5.74) is 0.754. The van der Waals surface area contributed by atoms with Gasteiger partial charge < -0.3 is 10.2 Å². The molecule has 0 saturated carbocycles. The van der Waals surface area contributed by atoms with Gasteiger partial charge in [0, 0.05) is 30.2 Å². The van der Waals surface area contributed by atoms with Crippen molar-refractivity contribution in [2.45, 2.75) is 44.7 Å². The summed E-state index contributed by atoms with van der Waals surface area (Å²) < 4.78 is 0. The van der Waals surface area contributed by atoms with E-state index in [1.165, 1.54) is 30.3 Å². The Morgan fingerprint density at radius 3 is 2.15 bits per heavy atom. The maximum absolute atomic E-state index is 14.3. The van der Waals surface area contributed by atoms with E-state index in [0.717, 1.165) is 16.0 Å². The van der Waals surface area contributed by atoms with Crippen LogP contribution in [0.15, 0.2) is 66.7 Å². The topological polar surface area (TPSA) is 150 Å². The molecule has 10 nitrogen and oxygen atoms in total. The lowest BCUT2D eigenvalue weighted by Crippen LogP contribution is -2.57. The molecule has 4 unspecified atom stereocenters. The van der Waals surface area contributed by atoms with Crippen LogP contribution in [0.3, 0.4) is 0 Å². The van der Waals surface area contributed by atoms with Gasteiger partial charge in [0.05, 0.1) is 22.4 Å². The third-order valence-corrected chi connectivity index (χ3v) is 8.13. The summed E-state index contributed by atoms with van der Waals surface area (Å²) in [5.74, 6) is -5.02. The van der Waals surface area contributed by atoms with E-state index in [1.807, 2.05) is 32.0 Å². The molecule has 5 rings (SSSR count). The van der Waals surface area contributed by atoms with Gasteiger partial charge >= 0.3 is 5.97 Å². The number of aryl methyl sites for hydroxylation is 2. The highest BCUT2D eigenvalue weighted by Crippen LogP contribution is 2.52. The molecule has 0 radical (unpaired) electrons. The van der Waals surface area contributed by atoms with Crippen LogP contribution in [-0.2, 0) is 33.6 Å². The van der Waals surface area contributed by atoms with Crippen LogP contribution in [0.25, 0.3) is 0 Å². The molecule has 4 atom stereocenters. The van der Waals surface area contributed by atoms with Crippen molar-refractivity contribution in [2.24, 2.45) is 11.8 Å². The fourth-order valence-electron chi connectivity index (χ4n) is 6.24. The maximum atomic E-state index is 14.3. The van der Waals surface area contributed by atoms with Gasteiger partial charge in [-0.1, -0.05) is 62.4 Å². The predicted molar refractivity (Wildman–Crippen MR) is 146 cm³/mol. The number of carboxylic acids is 1. The quantitative estimate of drug-likeness (QED) is 0.220. The molecule has 2 aliphatic rings. The van der Waals surface area contributed by atoms with Crippen LogP contribution in [0.4, 0.5) is 11.4 Å². The molecule has 2 saturated heterocycles. The number of phenols is 1. The number of hydrogen-bond donors (Lipinski definition) is 3. The molecule has 0 aromatic heterocycles. The van der Waals surface area contributed by atoms with Gasteiger partial charge in [-0.15, -0.1) is 0 Å². The van der Waals surface area contributed by atoms with Crippen LogP contribution in [0.5, 0.6) is 5.75 Å². The molecule has 0 spiro atoms. The zero-order valence-electron chi connectivity index (χ0n) is 22.0. The van der Waals surface area contributed by atoms with E-state index >= 15 is 0 Å². The Bertz CT molecular complexity index is 1500. The second-order valence-corrected chi connectivity index (χ2v) is 10.2. The van der Waals surface area contributed by atoms with Crippen molar-refractivity contribution in [1.82, 2.24) is 5.32 Å². The van der Waals surface area contributed by atoms with Crippen molar-refractivity contribution in [3.05, 3.63) is 99.1 Å². The van der Waals surface area contributed by atoms with Crippen molar-refractivity contribution in [3.8, 4) is 5.75 Å². The fraction of sp³-hybridized carbons (Fsp3) is 0.300. The van der Waals surface area contributed by atoms with Gasteiger partial charge in [-0.25, -0.2) is 4.90 Å². The van der Waals surface area contributed by atoms with Crippen molar-refractivity contribution in [3.63, 3.8) is 0 Å². The van der Waals surface area contributed by atoms with Crippen molar-refractivity contribution in [2.75, 3.05) is 4.90 Å². The van der Waals surface area contributed by atoms with Gasteiger partial charge in [0.15, 0.2) is 0 Å². The number of aromatic hydroxyl groups is 1. The molecular formula is C30H29N3O7. The van der Waals surface area contributed by atoms with Gasteiger partial charge in [0.25, 0.3) is 5.69 Å². The molecule has 3 aromatic rings. The number of non-ortho nitro benzene ring substituents is 1. The molecule has 0 bridgehead atoms. The number of carbonyl (C=O) groups excluding carboxylic acids is 2. The van der Waals surface area contributed by atoms with Crippen molar-refractivity contribution < 1.29 is 29.5 Å². The van der Waals surface area contributed by atoms with Crippen LogP contribution in [0.2, 0.25) is 0 Å². The lowest BCUT2D eigenvalue weighted by Gasteiger charge is -2.32. The normalized spacial score (nSPS) is 23.9. The van der Waals surface area contributed by atoms with E-state index in [-0.39, 0.29) is 17.9 Å². The average Bonchev–Trinajstić information content (AvgIpc) is 3.42. The van der Waals surface area contributed by atoms with Gasteiger partial charge in [-0.05, 0) is 35.6 Å². The predicted octanol–water partition coefficient (Wildman–Crippen LogP) is 3.94. The number of para-hydroxylation sites is 2. The number of fused-ring (bicyclic) bond motifs is 1. The Morgan fingerprint density at radius 2 is 1.60 bits per heavy atom. The minimum absolute atomic E-state index is 0.128. The summed E-state index contributed by atoms with van der Waals surface area (Å²) in [6.45, 7) is 3.85. The van der Waals surface area contributed by atoms with E-state index in [9.17, 15) is 34.7 Å². The van der Waals surface area contributed by atoms with Crippen LogP contribution < -0.4 is 10.2 Å². The molecule has 0 aliphatic carbocycles. The largest absolute Gasteiger partial charge is 0.508 e. The molecule has 3 aromatic carbocycles. The van der Waals surface area contributed by atoms with E-state index in [1.54, 1.807) is 18.2 Å². The Labute approximate surface area is 230 Å². The first-order chi connectivity index (χ1) is 19.1. The monoisotopic (exact) mass is 543 g/mol. The summed E-state index contributed by atoms with van der Waals surface area (Å²) >= 11 is 0. The minimum Gasteiger partial charge on any atom is -0.508 e. The SMILES string of the molecule is CCc1cccc(CC)c1N1C(=O)C2C(c3ccccc3O)NC(Cc3ccc([N+](=O)[O-])cc3)(C(=O)O)C2C1=O. The first kappa shape index (κ1) is 27.0. The number of anilines is 1. The molecule has 3 N–H and O–H groups in total. The van der Waals surface area contributed by atoms with Crippen LogP contribution >= 0.6 is 0 Å². The number of nitro groups is 1. The molecule has 2 aliphatic heterocycles. The molecule has 2 fully saturated rings. The molecular weight excluding hydrogens is 514 g/mol. The lowest BCUT2D eigenvalue weighted by atomic mass is 9.76. The average molecular weight is 544 g/mol. The minimum atomic E-state index is -1.93. The van der Waals surface area contributed by atoms with Crippen LogP contribution in [0.1, 0.15) is 42.1 Å². The highest BCUT2D eigenvalue weighted by Gasteiger charge is 2.69. The highest BCUT2D eigenvalue weighted by molar-refractivity contribution is 6.25. The molecule has 40 heavy (non-hydrogen) atoms. The number of amides is 2. The first-order valence-electron chi connectivity index (χ1n) is 13.2. The van der Waals surface area contributed by atoms with E-state index in [0.29, 0.717) is 29.7 Å². The van der Waals surface area contributed by atoms with Crippen LogP contribution in [-0.4, -0.2) is 38.5 Å². The zero-order chi connectivity index (χ0) is 28.8. The summed E-state index contributed by atoms with van der Waals surface area (Å²) in [6.07, 6.45) is 0.904. The summed E-state index contributed by atoms with van der Waals surface area (Å²) in [7, 11) is 0. The number of nitro benzene ring substituents is 1. The molecule has 2 amide bonds. The van der Waals surface area contributed by atoms with E-state index in [2.05, 4.69) is 5.32 Å². The second-order valence-electron chi connectivity index (χ2n) is 10.2. The van der Waals surface area contributed by atoms with E-state index in [4.69, 9.17) is 0 Å². The number of carboxylic acid groups (broad SMARTS) is 1. The Balaban J connectivity index is 1.69. The second kappa shape index (κ2) is 10.2. The first-order valence-corrected chi connectivity index (χ1v) is 13.2. The number of hydrogen-bond acceptors (Lipinski definition) is 7. The van der Waals surface area contributed by atoms with Crippen molar-refractivity contribution in [1.29, 1.82) is 0 Å². The Hall–Kier alpha value is -4.57. The van der Waals surface area contributed by atoms with Gasteiger partial charge in [0.2, 0.25) is 11.8 Å². The Kier molecular flexibility index (Phi) is 6.89. The maximum Gasteiger partial charge on any atom is 0.325 e. The number of carbonyl (C=O) groups is 3. The fourth-order valence-corrected chi connectivity index (χ4v) is 6.24. The standard InChI is InChI=1S/C30H29N3O7/c1-3-18-8-7-9-19(4-2)26(18)32-27(35)23-24(28(32)36)30(29(37)38,16-17-12-14-20(15-13-17)33(39)40)31-25(23)21-10-5-6-11-22(21)34/h5-15,23-25,31,34H,3-4,16H2,1-2H3,(H,37,38). The number of imide groups is 1. The number of nitrogens with one attached hydrogen (secondary N) is 1. The Morgan fingerprint density at radius 1 is 0.975 bits per heavy atom. The highest BCUT2D eigenvalue weighted by atomic mass is 16.6. The zero-order valence-corrected chi connectivity index (χ0v) is 22.0. The van der Waals surface area contributed by atoms with Crippen molar-refractivity contribution >= 4 is 29.2 Å². The number of aliphatic carboxylic acids is 1. The molecule has 206 valence electrons. The number of nitrogens with zero attached hydrogens (tertiary/aromatic N) is 2. The van der Waals surface area contributed by atoms with Crippen LogP contribution in [0, 0.1) is 22.0 Å². The number of rotatable bonds is 8. The number of phenolic OH excluding ortho intramolecular Hbond substituents is 1.